The number of ether oxygens (including phenoxy) is 2. The second kappa shape index (κ2) is 6.57. The van der Waals surface area contributed by atoms with Crippen LogP contribution in [0.5, 0.6) is 11.5 Å². The normalized spacial score (nSPS) is 24.5. The van der Waals surface area contributed by atoms with Gasteiger partial charge in [-0.1, -0.05) is 6.07 Å². The number of likely N-dealkylation sites (N-methyl/N-ethyl adjacent to an activating group) is 1. The Morgan fingerprint density at radius 3 is 3.09 bits per heavy atom. The molecule has 0 spiro atoms. The van der Waals surface area contributed by atoms with E-state index in [0.717, 1.165) is 36.6 Å². The SMILES string of the molecule is COc1ccc2c(c1)OCC(C(=O)NCC1CCCN1C)C2. The van der Waals surface area contributed by atoms with Crippen molar-refractivity contribution in [1.82, 2.24) is 10.2 Å². The summed E-state index contributed by atoms with van der Waals surface area (Å²) in [6.45, 7) is 2.30. The predicted octanol–water partition coefficient (Wildman–Crippen LogP) is 1.46. The van der Waals surface area contributed by atoms with Crippen LogP contribution in [0.25, 0.3) is 0 Å². The summed E-state index contributed by atoms with van der Waals surface area (Å²) >= 11 is 0. The molecule has 2 unspecified atom stereocenters. The Morgan fingerprint density at radius 1 is 1.50 bits per heavy atom. The molecule has 1 fully saturated rings. The molecule has 3 rings (SSSR count). The van der Waals surface area contributed by atoms with E-state index in [0.29, 0.717) is 12.6 Å². The van der Waals surface area contributed by atoms with E-state index < -0.39 is 0 Å². The molecule has 0 bridgehead atoms. The van der Waals surface area contributed by atoms with Gasteiger partial charge in [0.25, 0.3) is 0 Å². The number of methoxy groups -OCH3 is 1. The summed E-state index contributed by atoms with van der Waals surface area (Å²) in [7, 11) is 3.76. The molecule has 0 aromatic heterocycles. The maximum atomic E-state index is 12.4. The third-order valence-corrected chi connectivity index (χ3v) is 4.73. The molecule has 120 valence electrons. The Bertz CT molecular complexity index is 547. The minimum atomic E-state index is -0.104. The lowest BCUT2D eigenvalue weighted by Gasteiger charge is -2.26. The third-order valence-electron chi connectivity index (χ3n) is 4.73. The number of hydrogen-bond donors (Lipinski definition) is 1. The second-order valence-corrected chi connectivity index (χ2v) is 6.21. The van der Waals surface area contributed by atoms with E-state index >= 15 is 0 Å². The summed E-state index contributed by atoms with van der Waals surface area (Å²) in [5.74, 6) is 1.61. The van der Waals surface area contributed by atoms with Crippen molar-refractivity contribution in [3.63, 3.8) is 0 Å². The van der Waals surface area contributed by atoms with Crippen LogP contribution in [-0.4, -0.2) is 50.7 Å². The van der Waals surface area contributed by atoms with Crippen LogP contribution in [0.1, 0.15) is 18.4 Å². The predicted molar refractivity (Wildman–Crippen MR) is 84.3 cm³/mol. The van der Waals surface area contributed by atoms with Gasteiger partial charge in [0.2, 0.25) is 5.91 Å². The van der Waals surface area contributed by atoms with Gasteiger partial charge in [-0.25, -0.2) is 0 Å². The number of amides is 1. The molecule has 1 saturated heterocycles. The first kappa shape index (κ1) is 15.2. The first-order valence-electron chi connectivity index (χ1n) is 7.95. The highest BCUT2D eigenvalue weighted by atomic mass is 16.5. The molecule has 1 amide bonds. The average molecular weight is 304 g/mol. The molecule has 5 heteroatoms. The summed E-state index contributed by atoms with van der Waals surface area (Å²) in [6.07, 6.45) is 3.12. The fourth-order valence-electron chi connectivity index (χ4n) is 3.25. The largest absolute Gasteiger partial charge is 0.497 e. The van der Waals surface area contributed by atoms with Crippen molar-refractivity contribution in [3.05, 3.63) is 23.8 Å². The van der Waals surface area contributed by atoms with Gasteiger partial charge in [-0.15, -0.1) is 0 Å². The van der Waals surface area contributed by atoms with Gasteiger partial charge < -0.3 is 19.7 Å². The Hall–Kier alpha value is -1.75. The number of likely N-dealkylation sites (tertiary alicyclic amines) is 1. The van der Waals surface area contributed by atoms with Crippen molar-refractivity contribution in [2.75, 3.05) is 33.9 Å². The molecule has 2 aliphatic rings. The number of hydrogen-bond acceptors (Lipinski definition) is 4. The van der Waals surface area contributed by atoms with E-state index in [1.54, 1.807) is 7.11 Å². The van der Waals surface area contributed by atoms with E-state index in [2.05, 4.69) is 17.3 Å². The Morgan fingerprint density at radius 2 is 2.36 bits per heavy atom. The molecule has 2 aliphatic heterocycles. The van der Waals surface area contributed by atoms with Crippen molar-refractivity contribution in [2.24, 2.45) is 5.92 Å². The molecule has 5 nitrogen and oxygen atoms in total. The zero-order valence-electron chi connectivity index (χ0n) is 13.3. The second-order valence-electron chi connectivity index (χ2n) is 6.21. The van der Waals surface area contributed by atoms with E-state index in [1.807, 2.05) is 18.2 Å². The zero-order valence-corrected chi connectivity index (χ0v) is 13.3. The van der Waals surface area contributed by atoms with Gasteiger partial charge in [-0.05, 0) is 44.5 Å². The Balaban J connectivity index is 1.56. The number of fused-ring (bicyclic) bond motifs is 1. The Kier molecular flexibility index (Phi) is 4.52. The van der Waals surface area contributed by atoms with Crippen LogP contribution in [0.15, 0.2) is 18.2 Å². The summed E-state index contributed by atoms with van der Waals surface area (Å²) in [4.78, 5) is 14.7. The third kappa shape index (κ3) is 3.19. The van der Waals surface area contributed by atoms with Crippen LogP contribution < -0.4 is 14.8 Å². The lowest BCUT2D eigenvalue weighted by atomic mass is 9.96. The molecule has 0 radical (unpaired) electrons. The number of benzene rings is 1. The zero-order chi connectivity index (χ0) is 15.5. The summed E-state index contributed by atoms with van der Waals surface area (Å²) in [6, 6.07) is 6.26. The minimum absolute atomic E-state index is 0.0989. The standard InChI is InChI=1S/C17H24N2O3/c1-19-7-3-4-14(19)10-18-17(20)13-8-12-5-6-15(21-2)9-16(12)22-11-13/h5-6,9,13-14H,3-4,7-8,10-11H2,1-2H3,(H,18,20). The summed E-state index contributed by atoms with van der Waals surface area (Å²) < 4.78 is 10.9. The maximum Gasteiger partial charge on any atom is 0.226 e. The molecule has 0 aliphatic carbocycles. The van der Waals surface area contributed by atoms with E-state index in [-0.39, 0.29) is 11.8 Å². The Labute approximate surface area is 131 Å². The topological polar surface area (TPSA) is 50.8 Å². The van der Waals surface area contributed by atoms with Crippen molar-refractivity contribution < 1.29 is 14.3 Å². The number of nitrogens with zero attached hydrogens (tertiary/aromatic N) is 1. The first-order chi connectivity index (χ1) is 10.7. The molecule has 22 heavy (non-hydrogen) atoms. The summed E-state index contributed by atoms with van der Waals surface area (Å²) in [5, 5.41) is 3.09. The first-order valence-corrected chi connectivity index (χ1v) is 7.95. The van der Waals surface area contributed by atoms with Gasteiger partial charge in [0.15, 0.2) is 0 Å². The lowest BCUT2D eigenvalue weighted by Crippen LogP contribution is -2.43. The van der Waals surface area contributed by atoms with Crippen LogP contribution in [0, 0.1) is 5.92 Å². The molecule has 1 aromatic carbocycles. The number of carbonyl (C=O) groups excluding carboxylic acids is 1. The van der Waals surface area contributed by atoms with Crippen LogP contribution in [0.2, 0.25) is 0 Å². The number of rotatable bonds is 4. The molecule has 1 aromatic rings. The highest BCUT2D eigenvalue weighted by molar-refractivity contribution is 5.79. The van der Waals surface area contributed by atoms with Crippen molar-refractivity contribution in [3.8, 4) is 11.5 Å². The van der Waals surface area contributed by atoms with Gasteiger partial charge in [0.1, 0.15) is 18.1 Å². The highest BCUT2D eigenvalue weighted by Crippen LogP contribution is 2.31. The summed E-state index contributed by atoms with van der Waals surface area (Å²) in [5.41, 5.74) is 1.07. The van der Waals surface area contributed by atoms with Gasteiger partial charge in [0, 0.05) is 18.7 Å². The number of nitrogens with one attached hydrogen (secondary N) is 1. The van der Waals surface area contributed by atoms with Gasteiger partial charge >= 0.3 is 0 Å². The van der Waals surface area contributed by atoms with E-state index in [4.69, 9.17) is 9.47 Å². The maximum absolute atomic E-state index is 12.4. The molecular weight excluding hydrogens is 280 g/mol. The lowest BCUT2D eigenvalue weighted by molar-refractivity contribution is -0.126. The van der Waals surface area contributed by atoms with Gasteiger partial charge in [0.05, 0.1) is 13.0 Å². The number of carbonyl (C=O) groups is 1. The average Bonchev–Trinajstić information content (AvgIpc) is 2.96. The molecular formula is C17H24N2O3. The van der Waals surface area contributed by atoms with Crippen molar-refractivity contribution >= 4 is 5.91 Å². The van der Waals surface area contributed by atoms with Crippen LogP contribution in [0.3, 0.4) is 0 Å². The van der Waals surface area contributed by atoms with Crippen LogP contribution in [0.4, 0.5) is 0 Å². The van der Waals surface area contributed by atoms with Crippen LogP contribution >= 0.6 is 0 Å². The quantitative estimate of drug-likeness (QED) is 0.915. The van der Waals surface area contributed by atoms with Crippen molar-refractivity contribution in [2.45, 2.75) is 25.3 Å². The molecule has 1 N–H and O–H groups in total. The van der Waals surface area contributed by atoms with E-state index in [9.17, 15) is 4.79 Å². The van der Waals surface area contributed by atoms with E-state index in [1.165, 1.54) is 12.8 Å². The van der Waals surface area contributed by atoms with Crippen LogP contribution in [-0.2, 0) is 11.2 Å². The minimum Gasteiger partial charge on any atom is -0.497 e. The van der Waals surface area contributed by atoms with Crippen molar-refractivity contribution in [1.29, 1.82) is 0 Å². The fourth-order valence-corrected chi connectivity index (χ4v) is 3.25. The fraction of sp³-hybridized carbons (Fsp3) is 0.588. The molecule has 2 atom stereocenters. The van der Waals surface area contributed by atoms with Gasteiger partial charge in [-0.3, -0.25) is 4.79 Å². The van der Waals surface area contributed by atoms with Gasteiger partial charge in [-0.2, -0.15) is 0 Å². The molecule has 2 heterocycles. The monoisotopic (exact) mass is 304 g/mol. The molecule has 0 saturated carbocycles. The smallest absolute Gasteiger partial charge is 0.226 e. The highest BCUT2D eigenvalue weighted by Gasteiger charge is 2.28.